The first kappa shape index (κ1) is 14.7. The molecule has 18 heavy (non-hydrogen) atoms. The summed E-state index contributed by atoms with van der Waals surface area (Å²) < 4.78 is 5.24. The highest BCUT2D eigenvalue weighted by Crippen LogP contribution is 2.26. The van der Waals surface area contributed by atoms with E-state index in [-0.39, 0.29) is 24.2 Å². The minimum Gasteiger partial charge on any atom is -0.496 e. The SMILES string of the molecule is CCc1ccc(OC)c(C(=O)C(CO)C(C)C)c1. The Morgan fingerprint density at radius 2 is 2.06 bits per heavy atom. The van der Waals surface area contributed by atoms with Crippen LogP contribution in [0.4, 0.5) is 0 Å². The van der Waals surface area contributed by atoms with Gasteiger partial charge in [-0.3, -0.25) is 4.79 Å². The van der Waals surface area contributed by atoms with Gasteiger partial charge in [0.2, 0.25) is 0 Å². The number of aliphatic hydroxyl groups excluding tert-OH is 1. The minimum absolute atomic E-state index is 0.0420. The number of hydrogen-bond donors (Lipinski definition) is 1. The van der Waals surface area contributed by atoms with Crippen LogP contribution in [0.3, 0.4) is 0 Å². The third-order valence-corrected chi connectivity index (χ3v) is 3.28. The number of aliphatic hydroxyl groups is 1. The van der Waals surface area contributed by atoms with Crippen molar-refractivity contribution in [3.63, 3.8) is 0 Å². The normalized spacial score (nSPS) is 12.6. The second kappa shape index (κ2) is 6.55. The molecule has 0 radical (unpaired) electrons. The summed E-state index contributed by atoms with van der Waals surface area (Å²) in [5, 5.41) is 9.36. The fraction of sp³-hybridized carbons (Fsp3) is 0.533. The number of ketones is 1. The molecule has 0 bridgehead atoms. The molecule has 0 aromatic heterocycles. The van der Waals surface area contributed by atoms with Crippen LogP contribution in [0.1, 0.15) is 36.7 Å². The number of Topliss-reactive ketones (excluding diaryl/α,β-unsaturated/α-hetero) is 1. The van der Waals surface area contributed by atoms with Crippen LogP contribution in [0.25, 0.3) is 0 Å². The molecule has 0 fully saturated rings. The first-order valence-corrected chi connectivity index (χ1v) is 6.37. The van der Waals surface area contributed by atoms with E-state index in [4.69, 9.17) is 4.74 Å². The van der Waals surface area contributed by atoms with Crippen molar-refractivity contribution in [1.29, 1.82) is 0 Å². The molecule has 1 N–H and O–H groups in total. The molecule has 1 aromatic carbocycles. The van der Waals surface area contributed by atoms with Crippen molar-refractivity contribution in [2.45, 2.75) is 27.2 Å². The van der Waals surface area contributed by atoms with E-state index in [0.29, 0.717) is 11.3 Å². The molecule has 3 heteroatoms. The largest absolute Gasteiger partial charge is 0.496 e. The second-order valence-corrected chi connectivity index (χ2v) is 4.79. The molecule has 3 nitrogen and oxygen atoms in total. The summed E-state index contributed by atoms with van der Waals surface area (Å²) >= 11 is 0. The number of ether oxygens (including phenoxy) is 1. The van der Waals surface area contributed by atoms with E-state index in [1.165, 1.54) is 0 Å². The van der Waals surface area contributed by atoms with Crippen molar-refractivity contribution < 1.29 is 14.6 Å². The highest BCUT2D eigenvalue weighted by Gasteiger charge is 2.25. The molecule has 0 spiro atoms. The van der Waals surface area contributed by atoms with Gasteiger partial charge in [0.05, 0.1) is 19.3 Å². The Hall–Kier alpha value is -1.35. The number of carbonyl (C=O) groups excluding carboxylic acids is 1. The van der Waals surface area contributed by atoms with Gasteiger partial charge in [0.25, 0.3) is 0 Å². The van der Waals surface area contributed by atoms with Crippen molar-refractivity contribution in [1.82, 2.24) is 0 Å². The zero-order valence-electron chi connectivity index (χ0n) is 11.6. The average Bonchev–Trinajstić information content (AvgIpc) is 2.38. The van der Waals surface area contributed by atoms with Crippen molar-refractivity contribution in [3.05, 3.63) is 29.3 Å². The minimum atomic E-state index is -0.369. The van der Waals surface area contributed by atoms with Crippen molar-refractivity contribution in [2.75, 3.05) is 13.7 Å². The molecular formula is C15H22O3. The van der Waals surface area contributed by atoms with Crippen LogP contribution in [-0.4, -0.2) is 24.6 Å². The first-order valence-electron chi connectivity index (χ1n) is 6.37. The van der Waals surface area contributed by atoms with Gasteiger partial charge >= 0.3 is 0 Å². The monoisotopic (exact) mass is 250 g/mol. The van der Waals surface area contributed by atoms with Crippen LogP contribution in [0.2, 0.25) is 0 Å². The molecule has 1 aromatic rings. The van der Waals surface area contributed by atoms with Crippen LogP contribution >= 0.6 is 0 Å². The zero-order valence-corrected chi connectivity index (χ0v) is 11.6. The lowest BCUT2D eigenvalue weighted by Crippen LogP contribution is -2.24. The van der Waals surface area contributed by atoms with Crippen LogP contribution in [-0.2, 0) is 6.42 Å². The molecule has 0 aliphatic rings. The smallest absolute Gasteiger partial charge is 0.172 e. The topological polar surface area (TPSA) is 46.5 Å². The number of benzene rings is 1. The summed E-state index contributed by atoms with van der Waals surface area (Å²) in [5.74, 6) is 0.277. The third kappa shape index (κ3) is 3.10. The van der Waals surface area contributed by atoms with E-state index >= 15 is 0 Å². The Kier molecular flexibility index (Phi) is 5.35. The Labute approximate surface area is 109 Å². The summed E-state index contributed by atoms with van der Waals surface area (Å²) in [6, 6.07) is 5.64. The summed E-state index contributed by atoms with van der Waals surface area (Å²) in [6.07, 6.45) is 0.871. The average molecular weight is 250 g/mol. The maximum atomic E-state index is 12.4. The Morgan fingerprint density at radius 3 is 2.50 bits per heavy atom. The molecule has 0 saturated heterocycles. The summed E-state index contributed by atoms with van der Waals surface area (Å²) in [4.78, 5) is 12.4. The van der Waals surface area contributed by atoms with Gasteiger partial charge in [-0.05, 0) is 30.0 Å². The van der Waals surface area contributed by atoms with Crippen molar-refractivity contribution in [2.24, 2.45) is 11.8 Å². The molecule has 0 aliphatic heterocycles. The lowest BCUT2D eigenvalue weighted by atomic mass is 9.87. The van der Waals surface area contributed by atoms with Gasteiger partial charge in [-0.2, -0.15) is 0 Å². The van der Waals surface area contributed by atoms with Crippen LogP contribution in [0.15, 0.2) is 18.2 Å². The predicted molar refractivity (Wildman–Crippen MR) is 72.1 cm³/mol. The predicted octanol–water partition coefficient (Wildman–Crippen LogP) is 2.70. The van der Waals surface area contributed by atoms with E-state index in [2.05, 4.69) is 0 Å². The first-order chi connectivity index (χ1) is 8.54. The standard InChI is InChI=1S/C15H22O3/c1-5-11-6-7-14(18-4)12(8-11)15(17)13(9-16)10(2)3/h6-8,10,13,16H,5,9H2,1-4H3. The van der Waals surface area contributed by atoms with E-state index < -0.39 is 0 Å². The van der Waals surface area contributed by atoms with Gasteiger partial charge < -0.3 is 9.84 Å². The molecule has 0 saturated carbocycles. The Morgan fingerprint density at radius 1 is 1.39 bits per heavy atom. The van der Waals surface area contributed by atoms with Crippen LogP contribution in [0, 0.1) is 11.8 Å². The van der Waals surface area contributed by atoms with Gasteiger partial charge in [0, 0.05) is 5.92 Å². The lowest BCUT2D eigenvalue weighted by Gasteiger charge is -2.18. The molecule has 1 atom stereocenters. The number of methoxy groups -OCH3 is 1. The lowest BCUT2D eigenvalue weighted by molar-refractivity contribution is 0.0803. The van der Waals surface area contributed by atoms with Gasteiger partial charge in [-0.15, -0.1) is 0 Å². The van der Waals surface area contributed by atoms with Crippen LogP contribution < -0.4 is 4.74 Å². The van der Waals surface area contributed by atoms with Gasteiger partial charge in [-0.1, -0.05) is 26.8 Å². The molecule has 0 amide bonds. The number of aryl methyl sites for hydroxylation is 1. The van der Waals surface area contributed by atoms with E-state index in [1.807, 2.05) is 39.0 Å². The van der Waals surface area contributed by atoms with Crippen molar-refractivity contribution in [3.8, 4) is 5.75 Å². The molecule has 0 heterocycles. The van der Waals surface area contributed by atoms with Crippen molar-refractivity contribution >= 4 is 5.78 Å². The highest BCUT2D eigenvalue weighted by molar-refractivity contribution is 6.00. The van der Waals surface area contributed by atoms with Gasteiger partial charge in [0.15, 0.2) is 5.78 Å². The Bertz CT molecular complexity index is 410. The second-order valence-electron chi connectivity index (χ2n) is 4.79. The maximum absolute atomic E-state index is 12.4. The summed E-state index contributed by atoms with van der Waals surface area (Å²) in [7, 11) is 1.56. The number of rotatable bonds is 6. The highest BCUT2D eigenvalue weighted by atomic mass is 16.5. The zero-order chi connectivity index (χ0) is 13.7. The molecule has 0 aliphatic carbocycles. The molecule has 1 unspecified atom stereocenters. The summed E-state index contributed by atoms with van der Waals surface area (Å²) in [5.41, 5.74) is 1.67. The molecule has 1 rings (SSSR count). The number of hydrogen-bond acceptors (Lipinski definition) is 3. The van der Waals surface area contributed by atoms with Gasteiger partial charge in [-0.25, -0.2) is 0 Å². The third-order valence-electron chi connectivity index (χ3n) is 3.28. The van der Waals surface area contributed by atoms with Crippen LogP contribution in [0.5, 0.6) is 5.75 Å². The molecular weight excluding hydrogens is 228 g/mol. The fourth-order valence-corrected chi connectivity index (χ4v) is 1.96. The fourth-order valence-electron chi connectivity index (χ4n) is 1.96. The molecule has 100 valence electrons. The maximum Gasteiger partial charge on any atom is 0.172 e. The van der Waals surface area contributed by atoms with Gasteiger partial charge in [0.1, 0.15) is 5.75 Å². The summed E-state index contributed by atoms with van der Waals surface area (Å²) in [6.45, 7) is 5.79. The van der Waals surface area contributed by atoms with E-state index in [0.717, 1.165) is 12.0 Å². The van der Waals surface area contributed by atoms with E-state index in [9.17, 15) is 9.90 Å². The quantitative estimate of drug-likeness (QED) is 0.790. The van der Waals surface area contributed by atoms with E-state index in [1.54, 1.807) is 7.11 Å². The Balaban J connectivity index is 3.16. The number of carbonyl (C=O) groups is 1.